The first kappa shape index (κ1) is 28.3. The number of fused-ring (bicyclic) bond motifs is 1. The Bertz CT molecular complexity index is 1070. The average Bonchev–Trinajstić information content (AvgIpc) is 3.36. The molecule has 1 saturated carbocycles. The fourth-order valence-corrected chi connectivity index (χ4v) is 5.65. The average molecular weight is 534 g/mol. The van der Waals surface area contributed by atoms with Crippen molar-refractivity contribution in [3.8, 4) is 11.8 Å². The van der Waals surface area contributed by atoms with Crippen molar-refractivity contribution in [3.63, 3.8) is 0 Å². The van der Waals surface area contributed by atoms with Crippen LogP contribution in [0.2, 0.25) is 0 Å². The maximum absolute atomic E-state index is 13.1. The minimum Gasteiger partial charge on any atom is -0.453 e. The number of ether oxygens (including phenoxy) is 4. The van der Waals surface area contributed by atoms with Crippen LogP contribution in [-0.4, -0.2) is 107 Å². The Morgan fingerprint density at radius 3 is 2.68 bits per heavy atom. The van der Waals surface area contributed by atoms with Gasteiger partial charge in [0.15, 0.2) is 11.9 Å². The lowest BCUT2D eigenvalue weighted by molar-refractivity contribution is -0.301. The van der Waals surface area contributed by atoms with Gasteiger partial charge in [-0.15, -0.1) is 0 Å². The van der Waals surface area contributed by atoms with E-state index < -0.39 is 61.6 Å². The second-order valence-electron chi connectivity index (χ2n) is 10.0. The number of aliphatic hydroxyl groups is 4. The van der Waals surface area contributed by atoms with E-state index in [9.17, 15) is 30.0 Å². The molecule has 1 amide bonds. The van der Waals surface area contributed by atoms with Gasteiger partial charge in [0.25, 0.3) is 0 Å². The Balaban J connectivity index is 1.54. The summed E-state index contributed by atoms with van der Waals surface area (Å²) in [4.78, 5) is 27.1. The fraction of sp³-hybridized carbons (Fsp3) is 0.630. The molecule has 0 radical (unpaired) electrons. The second kappa shape index (κ2) is 12.0. The maximum Gasteiger partial charge on any atom is 0.409 e. The molecule has 4 rings (SSSR count). The molecule has 8 atom stereocenters. The summed E-state index contributed by atoms with van der Waals surface area (Å²) in [5.74, 6) is 5.36. The van der Waals surface area contributed by atoms with Gasteiger partial charge in [-0.05, 0) is 56.2 Å². The zero-order valence-electron chi connectivity index (χ0n) is 21.5. The molecule has 11 heteroatoms. The zero-order chi connectivity index (χ0) is 27.4. The number of amides is 1. The standard InChI is InChI=1S/C27H35NO10/c1-16-5-3-6-17(13-16)8-11-27(10-4-7-19-18(27)9-12-28(19)26(34)35-2)38-21(30)15-36-25-24(33)23(32)22(31)20(14-29)37-25/h3,5-6,13,18-20,22-25,29,31-33H,4,7,9-10,12,14-15H2,1-2H3/t18-,19-,20-,22-,23+,24-,25+,27-/m1/s1. The Kier molecular flexibility index (Phi) is 8.92. The Labute approximate surface area is 221 Å². The van der Waals surface area contributed by atoms with E-state index in [0.29, 0.717) is 25.8 Å². The van der Waals surface area contributed by atoms with Crippen LogP contribution in [0.5, 0.6) is 0 Å². The van der Waals surface area contributed by atoms with E-state index >= 15 is 0 Å². The molecule has 1 aromatic carbocycles. The number of likely N-dealkylation sites (tertiary alicyclic amines) is 1. The number of carbonyl (C=O) groups excluding carboxylic acids is 2. The smallest absolute Gasteiger partial charge is 0.409 e. The van der Waals surface area contributed by atoms with Crippen molar-refractivity contribution in [3.05, 3.63) is 35.4 Å². The number of benzene rings is 1. The van der Waals surface area contributed by atoms with E-state index in [1.54, 1.807) is 4.90 Å². The van der Waals surface area contributed by atoms with Crippen LogP contribution in [0.1, 0.15) is 36.8 Å². The lowest BCUT2D eigenvalue weighted by Gasteiger charge is -2.42. The number of methoxy groups -OCH3 is 1. The van der Waals surface area contributed by atoms with E-state index in [0.717, 1.165) is 17.5 Å². The quantitative estimate of drug-likeness (QED) is 0.302. The number of aliphatic hydroxyl groups excluding tert-OH is 4. The largest absolute Gasteiger partial charge is 0.453 e. The van der Waals surface area contributed by atoms with Crippen molar-refractivity contribution < 1.29 is 49.0 Å². The lowest BCUT2D eigenvalue weighted by atomic mass is 9.72. The first-order valence-electron chi connectivity index (χ1n) is 12.8. The summed E-state index contributed by atoms with van der Waals surface area (Å²) in [5.41, 5.74) is 0.614. The van der Waals surface area contributed by atoms with Crippen LogP contribution in [-0.2, 0) is 23.7 Å². The molecule has 1 aliphatic carbocycles. The van der Waals surface area contributed by atoms with Gasteiger partial charge in [0.05, 0.1) is 13.7 Å². The predicted octanol–water partition coefficient (Wildman–Crippen LogP) is 0.0858. The van der Waals surface area contributed by atoms with E-state index in [1.807, 2.05) is 31.2 Å². The van der Waals surface area contributed by atoms with Crippen LogP contribution >= 0.6 is 0 Å². The normalized spacial score (nSPS) is 34.6. The number of nitrogens with zero attached hydrogens (tertiary/aromatic N) is 1. The van der Waals surface area contributed by atoms with Gasteiger partial charge < -0.3 is 44.3 Å². The van der Waals surface area contributed by atoms with Gasteiger partial charge in [0.2, 0.25) is 0 Å². The van der Waals surface area contributed by atoms with Crippen LogP contribution < -0.4 is 0 Å². The van der Waals surface area contributed by atoms with Crippen LogP contribution in [0.15, 0.2) is 24.3 Å². The summed E-state index contributed by atoms with van der Waals surface area (Å²) >= 11 is 0. The monoisotopic (exact) mass is 533 g/mol. The molecule has 3 fully saturated rings. The molecule has 2 saturated heterocycles. The molecule has 2 heterocycles. The molecule has 208 valence electrons. The number of aryl methyl sites for hydroxylation is 1. The fourth-order valence-electron chi connectivity index (χ4n) is 5.65. The minimum atomic E-state index is -1.64. The van der Waals surface area contributed by atoms with Crippen LogP contribution in [0.4, 0.5) is 4.79 Å². The molecule has 0 unspecified atom stereocenters. The van der Waals surface area contributed by atoms with Crippen LogP contribution in [0, 0.1) is 24.7 Å². The van der Waals surface area contributed by atoms with Gasteiger partial charge in [-0.3, -0.25) is 0 Å². The van der Waals surface area contributed by atoms with Gasteiger partial charge in [-0.2, -0.15) is 0 Å². The van der Waals surface area contributed by atoms with Gasteiger partial charge in [0.1, 0.15) is 31.0 Å². The Hall–Kier alpha value is -2.72. The number of hydrogen-bond donors (Lipinski definition) is 4. The highest BCUT2D eigenvalue weighted by Gasteiger charge is 2.54. The summed E-state index contributed by atoms with van der Waals surface area (Å²) < 4.78 is 21.7. The third-order valence-corrected chi connectivity index (χ3v) is 7.55. The van der Waals surface area contributed by atoms with Crippen molar-refractivity contribution in [2.45, 2.75) is 75.0 Å². The summed E-state index contributed by atoms with van der Waals surface area (Å²) in [6, 6.07) is 7.44. The Morgan fingerprint density at radius 1 is 1.18 bits per heavy atom. The molecular weight excluding hydrogens is 498 g/mol. The topological polar surface area (TPSA) is 155 Å². The van der Waals surface area contributed by atoms with E-state index in [-0.39, 0.29) is 12.0 Å². The molecule has 1 aromatic rings. The van der Waals surface area contributed by atoms with Crippen molar-refractivity contribution in [1.29, 1.82) is 0 Å². The van der Waals surface area contributed by atoms with Gasteiger partial charge in [-0.25, -0.2) is 9.59 Å². The van der Waals surface area contributed by atoms with Crippen LogP contribution in [0.25, 0.3) is 0 Å². The van der Waals surface area contributed by atoms with Crippen molar-refractivity contribution in [2.75, 3.05) is 26.9 Å². The molecule has 0 aromatic heterocycles. The minimum absolute atomic E-state index is 0.206. The van der Waals surface area contributed by atoms with Gasteiger partial charge in [0, 0.05) is 24.1 Å². The lowest BCUT2D eigenvalue weighted by Crippen LogP contribution is -2.59. The van der Waals surface area contributed by atoms with Crippen LogP contribution in [0.3, 0.4) is 0 Å². The highest BCUT2D eigenvalue weighted by atomic mass is 16.7. The Morgan fingerprint density at radius 2 is 1.97 bits per heavy atom. The summed E-state index contributed by atoms with van der Waals surface area (Å²) in [5, 5.41) is 39.5. The number of hydrogen-bond acceptors (Lipinski definition) is 10. The second-order valence-corrected chi connectivity index (χ2v) is 10.0. The molecule has 0 bridgehead atoms. The van der Waals surface area contributed by atoms with E-state index in [1.165, 1.54) is 7.11 Å². The SMILES string of the molecule is COC(=O)N1CC[C@@H]2[C@H]1CCC[C@]2(C#Cc1cccc(C)c1)OC(=O)CO[C@H]1O[C@H](CO)[C@@H](O)[C@H](O)[C@H]1O. The highest BCUT2D eigenvalue weighted by Crippen LogP contribution is 2.45. The molecule has 2 aliphatic heterocycles. The number of rotatable bonds is 5. The molecule has 4 N–H and O–H groups in total. The summed E-state index contributed by atoms with van der Waals surface area (Å²) in [7, 11) is 1.33. The molecule has 0 spiro atoms. The number of esters is 1. The predicted molar refractivity (Wildman–Crippen MR) is 131 cm³/mol. The summed E-state index contributed by atoms with van der Waals surface area (Å²) in [6.07, 6.45) is -5.44. The third-order valence-electron chi connectivity index (χ3n) is 7.55. The molecule has 38 heavy (non-hydrogen) atoms. The first-order valence-corrected chi connectivity index (χ1v) is 12.8. The van der Waals surface area contributed by atoms with Gasteiger partial charge >= 0.3 is 12.1 Å². The van der Waals surface area contributed by atoms with Crippen molar-refractivity contribution in [1.82, 2.24) is 4.90 Å². The summed E-state index contributed by atoms with van der Waals surface area (Å²) in [6.45, 7) is 1.16. The zero-order valence-corrected chi connectivity index (χ0v) is 21.5. The molecule has 3 aliphatic rings. The van der Waals surface area contributed by atoms with E-state index in [4.69, 9.17) is 18.9 Å². The van der Waals surface area contributed by atoms with Gasteiger partial charge in [-0.1, -0.05) is 18.1 Å². The maximum atomic E-state index is 13.1. The third kappa shape index (κ3) is 5.81. The van der Waals surface area contributed by atoms with Crippen molar-refractivity contribution >= 4 is 12.1 Å². The van der Waals surface area contributed by atoms with E-state index in [2.05, 4.69) is 11.8 Å². The van der Waals surface area contributed by atoms with Crippen molar-refractivity contribution in [2.24, 2.45) is 5.92 Å². The number of carbonyl (C=O) groups is 2. The highest BCUT2D eigenvalue weighted by molar-refractivity contribution is 5.72. The molecular formula is C27H35NO10. The first-order chi connectivity index (χ1) is 18.2. The molecule has 11 nitrogen and oxygen atoms in total.